The van der Waals surface area contributed by atoms with Crippen molar-refractivity contribution >= 4 is 29.2 Å². The molecule has 1 aromatic rings. The summed E-state index contributed by atoms with van der Waals surface area (Å²) in [6.07, 6.45) is 1.26. The SMILES string of the molecule is Cc1nn(C)c(N(C)C2CCSC2)c1CCl. The van der Waals surface area contributed by atoms with E-state index in [9.17, 15) is 0 Å². The smallest absolute Gasteiger partial charge is 0.131 e. The molecular weight excluding hydrogens is 242 g/mol. The number of hydrogen-bond donors (Lipinski definition) is 0. The van der Waals surface area contributed by atoms with E-state index in [0.29, 0.717) is 11.9 Å². The third-order valence-corrected chi connectivity index (χ3v) is 4.65. The van der Waals surface area contributed by atoms with E-state index in [0.717, 1.165) is 5.69 Å². The van der Waals surface area contributed by atoms with Crippen LogP contribution in [0.25, 0.3) is 0 Å². The van der Waals surface area contributed by atoms with Gasteiger partial charge in [0.15, 0.2) is 0 Å². The highest BCUT2D eigenvalue weighted by molar-refractivity contribution is 7.99. The minimum atomic E-state index is 0.541. The summed E-state index contributed by atoms with van der Waals surface area (Å²) >= 11 is 8.04. The Labute approximate surface area is 106 Å². The molecule has 1 aliphatic rings. The van der Waals surface area contributed by atoms with Gasteiger partial charge in [-0.05, 0) is 19.1 Å². The van der Waals surface area contributed by atoms with Gasteiger partial charge in [-0.2, -0.15) is 16.9 Å². The van der Waals surface area contributed by atoms with Crippen LogP contribution in [0.3, 0.4) is 0 Å². The number of thioether (sulfide) groups is 1. The van der Waals surface area contributed by atoms with Crippen molar-refractivity contribution in [3.05, 3.63) is 11.3 Å². The molecule has 0 spiro atoms. The summed E-state index contributed by atoms with van der Waals surface area (Å²) in [4.78, 5) is 2.34. The largest absolute Gasteiger partial charge is 0.356 e. The fourth-order valence-electron chi connectivity index (χ4n) is 2.29. The number of rotatable bonds is 3. The minimum absolute atomic E-state index is 0.541. The van der Waals surface area contributed by atoms with Crippen molar-refractivity contribution in [1.82, 2.24) is 9.78 Å². The molecule has 0 aromatic carbocycles. The fraction of sp³-hybridized carbons (Fsp3) is 0.727. The number of nitrogens with zero attached hydrogens (tertiary/aromatic N) is 3. The second kappa shape index (κ2) is 4.88. The molecule has 2 heterocycles. The first-order valence-corrected chi connectivity index (χ1v) is 7.23. The Morgan fingerprint density at radius 1 is 1.62 bits per heavy atom. The molecule has 90 valence electrons. The van der Waals surface area contributed by atoms with Crippen molar-refractivity contribution in [3.63, 3.8) is 0 Å². The van der Waals surface area contributed by atoms with Crippen molar-refractivity contribution in [3.8, 4) is 0 Å². The lowest BCUT2D eigenvalue weighted by Gasteiger charge is -2.26. The molecule has 3 nitrogen and oxygen atoms in total. The fourth-order valence-corrected chi connectivity index (χ4v) is 3.87. The van der Waals surface area contributed by atoms with Crippen molar-refractivity contribution in [2.24, 2.45) is 7.05 Å². The van der Waals surface area contributed by atoms with E-state index in [4.69, 9.17) is 11.6 Å². The van der Waals surface area contributed by atoms with Gasteiger partial charge in [0, 0.05) is 31.5 Å². The van der Waals surface area contributed by atoms with Gasteiger partial charge >= 0.3 is 0 Å². The van der Waals surface area contributed by atoms with E-state index in [1.54, 1.807) is 0 Å². The van der Waals surface area contributed by atoms with Gasteiger partial charge in [0.05, 0.1) is 11.6 Å². The van der Waals surface area contributed by atoms with Gasteiger partial charge in [0.2, 0.25) is 0 Å². The average Bonchev–Trinajstić information content (AvgIpc) is 2.84. The van der Waals surface area contributed by atoms with Crippen molar-refractivity contribution in [2.75, 3.05) is 23.5 Å². The molecule has 5 heteroatoms. The molecule has 1 unspecified atom stereocenters. The number of hydrogen-bond acceptors (Lipinski definition) is 3. The summed E-state index contributed by atoms with van der Waals surface area (Å²) in [6, 6.07) is 0.627. The molecule has 0 bridgehead atoms. The Balaban J connectivity index is 2.30. The molecule has 0 amide bonds. The molecule has 0 radical (unpaired) electrons. The van der Waals surface area contributed by atoms with Crippen LogP contribution >= 0.6 is 23.4 Å². The zero-order chi connectivity index (χ0) is 11.7. The highest BCUT2D eigenvalue weighted by atomic mass is 35.5. The molecule has 2 rings (SSSR count). The molecule has 1 atom stereocenters. The van der Waals surface area contributed by atoms with Gasteiger partial charge in [-0.3, -0.25) is 4.68 Å². The molecule has 0 N–H and O–H groups in total. The highest BCUT2D eigenvalue weighted by Crippen LogP contribution is 2.30. The second-order valence-corrected chi connectivity index (χ2v) is 5.69. The van der Waals surface area contributed by atoms with Crippen molar-refractivity contribution < 1.29 is 0 Å². The summed E-state index contributed by atoms with van der Waals surface area (Å²) < 4.78 is 1.95. The van der Waals surface area contributed by atoms with Crippen molar-refractivity contribution in [2.45, 2.75) is 25.3 Å². The first-order chi connectivity index (χ1) is 7.65. The predicted octanol–water partition coefficient (Wildman–Crippen LogP) is 2.41. The van der Waals surface area contributed by atoms with Gasteiger partial charge in [0.25, 0.3) is 0 Å². The summed E-state index contributed by atoms with van der Waals surface area (Å²) in [7, 11) is 4.15. The van der Waals surface area contributed by atoms with Crippen LogP contribution in [0.4, 0.5) is 5.82 Å². The van der Waals surface area contributed by atoms with Crippen LogP contribution in [-0.2, 0) is 12.9 Å². The van der Waals surface area contributed by atoms with Crippen LogP contribution in [0, 0.1) is 6.92 Å². The Bertz CT molecular complexity index is 372. The Morgan fingerprint density at radius 2 is 2.38 bits per heavy atom. The van der Waals surface area contributed by atoms with Crippen LogP contribution in [0.15, 0.2) is 0 Å². The quantitative estimate of drug-likeness (QED) is 0.778. The van der Waals surface area contributed by atoms with E-state index >= 15 is 0 Å². The van der Waals surface area contributed by atoms with Gasteiger partial charge in [0.1, 0.15) is 5.82 Å². The summed E-state index contributed by atoms with van der Waals surface area (Å²) in [6.45, 7) is 2.03. The van der Waals surface area contributed by atoms with Crippen LogP contribution in [0.2, 0.25) is 0 Å². The zero-order valence-corrected chi connectivity index (χ0v) is 11.6. The molecule has 1 aliphatic heterocycles. The zero-order valence-electron chi connectivity index (χ0n) is 10.0. The van der Waals surface area contributed by atoms with Crippen LogP contribution in [0.1, 0.15) is 17.7 Å². The highest BCUT2D eigenvalue weighted by Gasteiger charge is 2.25. The lowest BCUT2D eigenvalue weighted by atomic mass is 10.2. The van der Waals surface area contributed by atoms with Crippen LogP contribution in [0.5, 0.6) is 0 Å². The standard InChI is InChI=1S/C11H18ClN3S/c1-8-10(6-12)11(15(3)13-8)14(2)9-4-5-16-7-9/h9H,4-7H2,1-3H3. The number of anilines is 1. The summed E-state index contributed by atoms with van der Waals surface area (Å²) in [5.41, 5.74) is 2.22. The number of aromatic nitrogens is 2. The molecule has 1 aromatic heterocycles. The topological polar surface area (TPSA) is 21.1 Å². The summed E-state index contributed by atoms with van der Waals surface area (Å²) in [5.74, 6) is 4.20. The Kier molecular flexibility index (Phi) is 3.70. The van der Waals surface area contributed by atoms with Crippen molar-refractivity contribution in [1.29, 1.82) is 0 Å². The predicted molar refractivity (Wildman–Crippen MR) is 71.6 cm³/mol. The monoisotopic (exact) mass is 259 g/mol. The number of aryl methyl sites for hydroxylation is 2. The Morgan fingerprint density at radius 3 is 2.94 bits per heavy atom. The average molecular weight is 260 g/mol. The minimum Gasteiger partial charge on any atom is -0.356 e. The van der Waals surface area contributed by atoms with Gasteiger partial charge in [-0.1, -0.05) is 0 Å². The van der Waals surface area contributed by atoms with Crippen LogP contribution in [-0.4, -0.2) is 34.4 Å². The summed E-state index contributed by atoms with van der Waals surface area (Å²) in [5, 5.41) is 4.46. The molecule has 0 saturated carbocycles. The van der Waals surface area contributed by atoms with E-state index in [2.05, 4.69) is 17.0 Å². The first kappa shape index (κ1) is 12.1. The molecule has 0 aliphatic carbocycles. The van der Waals surface area contributed by atoms with E-state index < -0.39 is 0 Å². The van der Waals surface area contributed by atoms with Crippen LogP contribution < -0.4 is 4.90 Å². The Hall–Kier alpha value is -0.350. The van der Waals surface area contributed by atoms with Gasteiger partial charge in [-0.25, -0.2) is 0 Å². The third kappa shape index (κ3) is 2.05. The maximum Gasteiger partial charge on any atom is 0.131 e. The second-order valence-electron chi connectivity index (χ2n) is 4.27. The van der Waals surface area contributed by atoms with E-state index in [1.807, 2.05) is 30.4 Å². The molecule has 1 saturated heterocycles. The first-order valence-electron chi connectivity index (χ1n) is 5.54. The molecular formula is C11H18ClN3S. The maximum absolute atomic E-state index is 6.02. The maximum atomic E-state index is 6.02. The number of halogens is 1. The third-order valence-electron chi connectivity index (χ3n) is 3.23. The van der Waals surface area contributed by atoms with E-state index in [-0.39, 0.29) is 0 Å². The normalized spacial score (nSPS) is 20.4. The lowest BCUT2D eigenvalue weighted by Crippen LogP contribution is -2.33. The lowest BCUT2D eigenvalue weighted by molar-refractivity contribution is 0.652. The van der Waals surface area contributed by atoms with Gasteiger partial charge < -0.3 is 4.90 Å². The van der Waals surface area contributed by atoms with Gasteiger partial charge in [-0.15, -0.1) is 11.6 Å². The number of alkyl halides is 1. The molecule has 1 fully saturated rings. The van der Waals surface area contributed by atoms with E-state index in [1.165, 1.54) is 29.3 Å². The molecule has 16 heavy (non-hydrogen) atoms.